The molecule has 0 saturated carbocycles. The zero-order chi connectivity index (χ0) is 13.3. The molecular formula is C12H9BrClF2NS. The van der Waals surface area contributed by atoms with E-state index in [0.717, 1.165) is 15.4 Å². The first kappa shape index (κ1) is 13.9. The second-order valence-electron chi connectivity index (χ2n) is 3.69. The van der Waals surface area contributed by atoms with Crippen LogP contribution in [0.2, 0.25) is 4.34 Å². The van der Waals surface area contributed by atoms with Crippen LogP contribution < -0.4 is 5.32 Å². The zero-order valence-corrected chi connectivity index (χ0v) is 12.5. The molecule has 18 heavy (non-hydrogen) atoms. The van der Waals surface area contributed by atoms with Gasteiger partial charge < -0.3 is 5.32 Å². The molecule has 1 nitrogen and oxygen atoms in total. The number of hydrogen-bond acceptors (Lipinski definition) is 2. The molecule has 1 unspecified atom stereocenters. The van der Waals surface area contributed by atoms with Crippen LogP contribution in [0, 0.1) is 11.6 Å². The van der Waals surface area contributed by atoms with Crippen molar-refractivity contribution in [3.63, 3.8) is 0 Å². The van der Waals surface area contributed by atoms with Crippen LogP contribution in [0.25, 0.3) is 0 Å². The van der Waals surface area contributed by atoms with Crippen LogP contribution >= 0.6 is 38.9 Å². The Hall–Kier alpha value is -0.490. The molecule has 0 saturated heterocycles. The molecule has 0 fully saturated rings. The Kier molecular flexibility index (Phi) is 4.37. The van der Waals surface area contributed by atoms with Crippen molar-refractivity contribution in [2.75, 3.05) is 7.05 Å². The number of halogens is 4. The smallest absolute Gasteiger partial charge is 0.126 e. The molecule has 0 aliphatic carbocycles. The van der Waals surface area contributed by atoms with Gasteiger partial charge >= 0.3 is 0 Å². The van der Waals surface area contributed by atoms with Crippen molar-refractivity contribution in [3.05, 3.63) is 55.1 Å². The van der Waals surface area contributed by atoms with Crippen LogP contribution in [0.3, 0.4) is 0 Å². The molecule has 1 aromatic heterocycles. The molecule has 2 rings (SSSR count). The van der Waals surface area contributed by atoms with Crippen LogP contribution in [0.5, 0.6) is 0 Å². The Morgan fingerprint density at radius 1 is 1.22 bits per heavy atom. The van der Waals surface area contributed by atoms with Crippen LogP contribution in [-0.2, 0) is 0 Å². The van der Waals surface area contributed by atoms with Crippen LogP contribution in [-0.4, -0.2) is 7.05 Å². The van der Waals surface area contributed by atoms with E-state index in [0.29, 0.717) is 9.90 Å². The highest BCUT2D eigenvalue weighted by atomic mass is 79.9. The van der Waals surface area contributed by atoms with Crippen LogP contribution in [0.1, 0.15) is 16.5 Å². The average Bonchev–Trinajstić information content (AvgIpc) is 2.58. The topological polar surface area (TPSA) is 12.0 Å². The SMILES string of the molecule is CNC(c1cc(F)cc(F)c1)c1cc(Br)c(Cl)s1. The number of thiophene rings is 1. The standard InChI is InChI=1S/C12H9BrClF2NS/c1-17-11(10-5-9(13)12(14)18-10)6-2-7(15)4-8(16)3-6/h2-5,11,17H,1H3. The molecule has 0 aliphatic rings. The highest BCUT2D eigenvalue weighted by Gasteiger charge is 2.17. The molecule has 1 aromatic carbocycles. The molecule has 1 N–H and O–H groups in total. The van der Waals surface area contributed by atoms with Crippen LogP contribution in [0.15, 0.2) is 28.7 Å². The third-order valence-electron chi connectivity index (χ3n) is 2.46. The minimum absolute atomic E-state index is 0.288. The van der Waals surface area contributed by atoms with Crippen LogP contribution in [0.4, 0.5) is 8.78 Å². The zero-order valence-electron chi connectivity index (χ0n) is 9.31. The van der Waals surface area contributed by atoms with Gasteiger partial charge in [0.25, 0.3) is 0 Å². The third kappa shape index (κ3) is 2.91. The van der Waals surface area contributed by atoms with Crippen molar-refractivity contribution in [2.45, 2.75) is 6.04 Å². The molecule has 1 heterocycles. The lowest BCUT2D eigenvalue weighted by molar-refractivity contribution is 0.572. The highest BCUT2D eigenvalue weighted by Crippen LogP contribution is 2.37. The third-order valence-corrected chi connectivity index (χ3v) is 5.00. The Morgan fingerprint density at radius 3 is 2.28 bits per heavy atom. The minimum atomic E-state index is -0.591. The normalized spacial score (nSPS) is 12.7. The van der Waals surface area contributed by atoms with Gasteiger partial charge in [0.05, 0.1) is 6.04 Å². The summed E-state index contributed by atoms with van der Waals surface area (Å²) in [6.07, 6.45) is 0. The van der Waals surface area contributed by atoms with E-state index in [4.69, 9.17) is 11.6 Å². The monoisotopic (exact) mass is 351 g/mol. The number of rotatable bonds is 3. The molecule has 1 atom stereocenters. The van der Waals surface area contributed by atoms with Crippen molar-refractivity contribution >= 4 is 38.9 Å². The first-order valence-corrected chi connectivity index (χ1v) is 7.08. The van der Waals surface area contributed by atoms with E-state index in [1.807, 2.05) is 6.07 Å². The van der Waals surface area contributed by atoms with E-state index in [2.05, 4.69) is 21.2 Å². The van der Waals surface area contributed by atoms with Gasteiger partial charge in [-0.3, -0.25) is 0 Å². The van der Waals surface area contributed by atoms with Crippen molar-refractivity contribution in [3.8, 4) is 0 Å². The van der Waals surface area contributed by atoms with Gasteiger partial charge in [-0.25, -0.2) is 8.78 Å². The molecule has 0 radical (unpaired) electrons. The molecule has 6 heteroatoms. The van der Waals surface area contributed by atoms with E-state index in [-0.39, 0.29) is 6.04 Å². The van der Waals surface area contributed by atoms with Gasteiger partial charge in [0.15, 0.2) is 0 Å². The molecule has 0 spiro atoms. The van der Waals surface area contributed by atoms with E-state index in [1.165, 1.54) is 23.5 Å². The fourth-order valence-electron chi connectivity index (χ4n) is 1.72. The molecule has 0 aliphatic heterocycles. The predicted molar refractivity (Wildman–Crippen MR) is 74.3 cm³/mol. The summed E-state index contributed by atoms with van der Waals surface area (Å²) in [5, 5.41) is 3.03. The quantitative estimate of drug-likeness (QED) is 0.840. The fraction of sp³-hybridized carbons (Fsp3) is 0.167. The van der Waals surface area contributed by atoms with Gasteiger partial charge in [-0.15, -0.1) is 11.3 Å². The first-order valence-electron chi connectivity index (χ1n) is 5.09. The lowest BCUT2D eigenvalue weighted by Gasteiger charge is -2.15. The Bertz CT molecular complexity index is 533. The maximum atomic E-state index is 13.2. The summed E-state index contributed by atoms with van der Waals surface area (Å²) in [6, 6.07) is 5.03. The van der Waals surface area contributed by atoms with Gasteiger partial charge in [0.2, 0.25) is 0 Å². The summed E-state index contributed by atoms with van der Waals surface area (Å²) in [5.41, 5.74) is 0.528. The second-order valence-corrected chi connectivity index (χ2v) is 6.24. The Morgan fingerprint density at radius 2 is 1.83 bits per heavy atom. The summed E-state index contributed by atoms with van der Waals surface area (Å²) in [7, 11) is 1.73. The van der Waals surface area contributed by atoms with Gasteiger partial charge in [-0.05, 0) is 46.7 Å². The number of nitrogens with one attached hydrogen (secondary N) is 1. The first-order chi connectivity index (χ1) is 8.51. The van der Waals surface area contributed by atoms with Gasteiger partial charge in [0.1, 0.15) is 16.0 Å². The highest BCUT2D eigenvalue weighted by molar-refractivity contribution is 9.10. The summed E-state index contributed by atoms with van der Waals surface area (Å²) < 4.78 is 27.8. The lowest BCUT2D eigenvalue weighted by Crippen LogP contribution is -2.16. The molecule has 0 amide bonds. The second kappa shape index (κ2) is 5.65. The summed E-state index contributed by atoms with van der Waals surface area (Å²) in [5.74, 6) is -1.18. The maximum Gasteiger partial charge on any atom is 0.126 e. The van der Waals surface area contributed by atoms with E-state index < -0.39 is 11.6 Å². The van der Waals surface area contributed by atoms with Gasteiger partial charge in [-0.1, -0.05) is 11.6 Å². The van der Waals surface area contributed by atoms with E-state index in [1.54, 1.807) is 7.05 Å². The van der Waals surface area contributed by atoms with Gasteiger partial charge in [-0.2, -0.15) is 0 Å². The summed E-state index contributed by atoms with van der Waals surface area (Å²) in [6.45, 7) is 0. The molecule has 0 bridgehead atoms. The molecule has 2 aromatic rings. The Balaban J connectivity index is 2.44. The minimum Gasteiger partial charge on any atom is -0.309 e. The van der Waals surface area contributed by atoms with Crippen molar-refractivity contribution in [1.82, 2.24) is 5.32 Å². The van der Waals surface area contributed by atoms with E-state index in [9.17, 15) is 8.78 Å². The molecular weight excluding hydrogens is 344 g/mol. The Labute approximate surface area is 121 Å². The van der Waals surface area contributed by atoms with Crippen molar-refractivity contribution in [2.24, 2.45) is 0 Å². The predicted octanol–water partition coefficient (Wildman–Crippen LogP) is 4.75. The number of benzene rings is 1. The van der Waals surface area contributed by atoms with Crippen molar-refractivity contribution < 1.29 is 8.78 Å². The largest absolute Gasteiger partial charge is 0.309 e. The molecule has 96 valence electrons. The lowest BCUT2D eigenvalue weighted by atomic mass is 10.1. The summed E-state index contributed by atoms with van der Waals surface area (Å²) >= 11 is 10.7. The van der Waals surface area contributed by atoms with Gasteiger partial charge in [0, 0.05) is 15.4 Å². The average molecular weight is 353 g/mol. The van der Waals surface area contributed by atoms with E-state index >= 15 is 0 Å². The fourth-order valence-corrected chi connectivity index (χ4v) is 3.60. The summed E-state index contributed by atoms with van der Waals surface area (Å²) in [4.78, 5) is 0.888. The van der Waals surface area contributed by atoms with Crippen molar-refractivity contribution in [1.29, 1.82) is 0 Å². The number of hydrogen-bond donors (Lipinski definition) is 1. The maximum absolute atomic E-state index is 13.2.